The van der Waals surface area contributed by atoms with Gasteiger partial charge in [0.05, 0.1) is 7.11 Å². The Morgan fingerprint density at radius 1 is 1.00 bits per heavy atom. The summed E-state index contributed by atoms with van der Waals surface area (Å²) in [5.74, 6) is 5.42. The number of amides is 3. The predicted octanol–water partition coefficient (Wildman–Crippen LogP) is -0.485. The molecule has 2 rings (SSSR count). The Labute approximate surface area is 152 Å². The van der Waals surface area contributed by atoms with Gasteiger partial charge < -0.3 is 19.3 Å². The third kappa shape index (κ3) is 5.35. The summed E-state index contributed by atoms with van der Waals surface area (Å²) in [7, 11) is 1.54. The SMILES string of the molecule is COc1ccccc1OCC(=O)N1CCN(C(=O)CCC(=O)NN)CC1. The van der Waals surface area contributed by atoms with E-state index in [1.807, 2.05) is 11.5 Å². The second kappa shape index (κ2) is 9.62. The Bertz CT molecular complexity index is 644. The first kappa shape index (κ1) is 19.5. The van der Waals surface area contributed by atoms with Crippen molar-refractivity contribution in [3.63, 3.8) is 0 Å². The maximum Gasteiger partial charge on any atom is 0.260 e. The van der Waals surface area contributed by atoms with Gasteiger partial charge in [-0.2, -0.15) is 0 Å². The van der Waals surface area contributed by atoms with Crippen LogP contribution >= 0.6 is 0 Å². The number of rotatable bonds is 7. The normalized spacial score (nSPS) is 13.9. The molecule has 1 heterocycles. The number of nitrogens with zero attached hydrogens (tertiary/aromatic N) is 2. The number of carbonyl (C=O) groups excluding carboxylic acids is 3. The van der Waals surface area contributed by atoms with Crippen LogP contribution in [-0.4, -0.2) is 67.4 Å². The predicted molar refractivity (Wildman–Crippen MR) is 93.2 cm³/mol. The van der Waals surface area contributed by atoms with Gasteiger partial charge >= 0.3 is 0 Å². The summed E-state index contributed by atoms with van der Waals surface area (Å²) in [6.07, 6.45) is 0.162. The number of ether oxygens (including phenoxy) is 2. The zero-order valence-electron chi connectivity index (χ0n) is 14.8. The molecule has 0 saturated carbocycles. The fourth-order valence-corrected chi connectivity index (χ4v) is 2.62. The molecule has 0 aromatic heterocycles. The summed E-state index contributed by atoms with van der Waals surface area (Å²) in [4.78, 5) is 38.7. The van der Waals surface area contributed by atoms with Crippen LogP contribution in [0.1, 0.15) is 12.8 Å². The highest BCUT2D eigenvalue weighted by molar-refractivity contribution is 5.84. The van der Waals surface area contributed by atoms with Gasteiger partial charge in [-0.1, -0.05) is 12.1 Å². The van der Waals surface area contributed by atoms with E-state index in [1.54, 1.807) is 28.0 Å². The Balaban J connectivity index is 1.75. The first-order valence-electron chi connectivity index (χ1n) is 8.36. The van der Waals surface area contributed by atoms with E-state index in [1.165, 1.54) is 7.11 Å². The Hall–Kier alpha value is -2.81. The number of carbonyl (C=O) groups is 3. The van der Waals surface area contributed by atoms with Crippen LogP contribution in [0.25, 0.3) is 0 Å². The average molecular weight is 364 g/mol. The van der Waals surface area contributed by atoms with Gasteiger partial charge in [0.1, 0.15) is 0 Å². The molecule has 1 aliphatic heterocycles. The number of benzene rings is 1. The topological polar surface area (TPSA) is 114 Å². The van der Waals surface area contributed by atoms with E-state index in [0.29, 0.717) is 37.7 Å². The molecule has 0 bridgehead atoms. The van der Waals surface area contributed by atoms with Crippen molar-refractivity contribution in [1.29, 1.82) is 0 Å². The number of para-hydroxylation sites is 2. The van der Waals surface area contributed by atoms with Crippen LogP contribution in [0.4, 0.5) is 0 Å². The molecule has 1 aromatic carbocycles. The van der Waals surface area contributed by atoms with Crippen molar-refractivity contribution in [1.82, 2.24) is 15.2 Å². The molecule has 3 amide bonds. The molecule has 26 heavy (non-hydrogen) atoms. The molecule has 0 atom stereocenters. The molecule has 0 unspecified atom stereocenters. The lowest BCUT2D eigenvalue weighted by Crippen LogP contribution is -2.51. The number of methoxy groups -OCH3 is 1. The molecule has 1 fully saturated rings. The van der Waals surface area contributed by atoms with Crippen molar-refractivity contribution in [2.75, 3.05) is 39.9 Å². The van der Waals surface area contributed by atoms with Gasteiger partial charge in [-0.3, -0.25) is 19.8 Å². The number of hydrogen-bond donors (Lipinski definition) is 2. The standard InChI is InChI=1S/C17H24N4O5/c1-25-13-4-2-3-5-14(13)26-12-17(24)21-10-8-20(9-11-21)16(23)7-6-15(22)19-18/h2-5H,6-12,18H2,1H3,(H,19,22). The van der Waals surface area contributed by atoms with Crippen LogP contribution in [0.3, 0.4) is 0 Å². The van der Waals surface area contributed by atoms with Crippen LogP contribution in [0.2, 0.25) is 0 Å². The Morgan fingerprint density at radius 3 is 2.15 bits per heavy atom. The second-order valence-corrected chi connectivity index (χ2v) is 5.77. The first-order valence-corrected chi connectivity index (χ1v) is 8.36. The van der Waals surface area contributed by atoms with Crippen LogP contribution in [-0.2, 0) is 14.4 Å². The minimum absolute atomic E-state index is 0.0568. The van der Waals surface area contributed by atoms with Crippen molar-refractivity contribution >= 4 is 17.7 Å². The first-order chi connectivity index (χ1) is 12.5. The summed E-state index contributed by atoms with van der Waals surface area (Å²) in [6.45, 7) is 1.64. The minimum atomic E-state index is -0.374. The summed E-state index contributed by atoms with van der Waals surface area (Å²) in [5.41, 5.74) is 2.00. The van der Waals surface area contributed by atoms with E-state index >= 15 is 0 Å². The van der Waals surface area contributed by atoms with E-state index in [2.05, 4.69) is 0 Å². The van der Waals surface area contributed by atoms with Crippen molar-refractivity contribution in [3.05, 3.63) is 24.3 Å². The lowest BCUT2D eigenvalue weighted by atomic mass is 10.2. The zero-order valence-corrected chi connectivity index (χ0v) is 14.8. The third-order valence-corrected chi connectivity index (χ3v) is 4.13. The molecule has 0 aliphatic carbocycles. The van der Waals surface area contributed by atoms with E-state index in [0.717, 1.165) is 0 Å². The van der Waals surface area contributed by atoms with E-state index in [4.69, 9.17) is 15.3 Å². The average Bonchev–Trinajstić information content (AvgIpc) is 2.70. The van der Waals surface area contributed by atoms with E-state index < -0.39 is 0 Å². The minimum Gasteiger partial charge on any atom is -0.493 e. The van der Waals surface area contributed by atoms with Gasteiger partial charge in [0.25, 0.3) is 5.91 Å². The number of piperazine rings is 1. The monoisotopic (exact) mass is 364 g/mol. The molecule has 142 valence electrons. The van der Waals surface area contributed by atoms with Gasteiger partial charge in [-0.25, -0.2) is 5.84 Å². The van der Waals surface area contributed by atoms with E-state index in [-0.39, 0.29) is 37.2 Å². The number of hydrazine groups is 1. The quantitative estimate of drug-likeness (QED) is 0.384. The van der Waals surface area contributed by atoms with Crippen LogP contribution in [0.5, 0.6) is 11.5 Å². The molecular weight excluding hydrogens is 340 g/mol. The highest BCUT2D eigenvalue weighted by Gasteiger charge is 2.24. The fraction of sp³-hybridized carbons (Fsp3) is 0.471. The summed E-state index contributed by atoms with van der Waals surface area (Å²) in [5, 5.41) is 0. The molecule has 0 spiro atoms. The molecule has 3 N–H and O–H groups in total. The Morgan fingerprint density at radius 2 is 1.58 bits per heavy atom. The maximum atomic E-state index is 12.3. The zero-order chi connectivity index (χ0) is 18.9. The molecule has 1 aliphatic rings. The molecule has 0 radical (unpaired) electrons. The van der Waals surface area contributed by atoms with Crippen molar-refractivity contribution in [3.8, 4) is 11.5 Å². The summed E-state index contributed by atoms with van der Waals surface area (Å²) in [6, 6.07) is 7.12. The third-order valence-electron chi connectivity index (χ3n) is 4.13. The summed E-state index contributed by atoms with van der Waals surface area (Å²) < 4.78 is 10.7. The number of nitrogens with one attached hydrogen (secondary N) is 1. The van der Waals surface area contributed by atoms with Gasteiger partial charge in [0.15, 0.2) is 18.1 Å². The molecule has 1 saturated heterocycles. The van der Waals surface area contributed by atoms with Gasteiger partial charge in [0, 0.05) is 39.0 Å². The molecule has 9 nitrogen and oxygen atoms in total. The van der Waals surface area contributed by atoms with Crippen molar-refractivity contribution < 1.29 is 23.9 Å². The van der Waals surface area contributed by atoms with Crippen LogP contribution < -0.4 is 20.7 Å². The lowest BCUT2D eigenvalue weighted by molar-refractivity contribution is -0.141. The van der Waals surface area contributed by atoms with Crippen LogP contribution in [0.15, 0.2) is 24.3 Å². The Kier molecular flexibility index (Phi) is 7.22. The molecule has 1 aromatic rings. The van der Waals surface area contributed by atoms with Crippen molar-refractivity contribution in [2.24, 2.45) is 5.84 Å². The maximum absolute atomic E-state index is 12.3. The van der Waals surface area contributed by atoms with E-state index in [9.17, 15) is 14.4 Å². The molecule has 9 heteroatoms. The molecular formula is C17H24N4O5. The van der Waals surface area contributed by atoms with Gasteiger partial charge in [-0.15, -0.1) is 0 Å². The number of nitrogens with two attached hydrogens (primary N) is 1. The fourth-order valence-electron chi connectivity index (χ4n) is 2.62. The highest BCUT2D eigenvalue weighted by atomic mass is 16.5. The van der Waals surface area contributed by atoms with Gasteiger partial charge in [-0.05, 0) is 12.1 Å². The highest BCUT2D eigenvalue weighted by Crippen LogP contribution is 2.25. The van der Waals surface area contributed by atoms with Crippen LogP contribution in [0, 0.1) is 0 Å². The second-order valence-electron chi connectivity index (χ2n) is 5.77. The van der Waals surface area contributed by atoms with Gasteiger partial charge in [0.2, 0.25) is 11.8 Å². The smallest absolute Gasteiger partial charge is 0.260 e. The summed E-state index contributed by atoms with van der Waals surface area (Å²) >= 11 is 0. The largest absolute Gasteiger partial charge is 0.493 e. The lowest BCUT2D eigenvalue weighted by Gasteiger charge is -2.34. The van der Waals surface area contributed by atoms with Crippen molar-refractivity contribution in [2.45, 2.75) is 12.8 Å². The number of hydrogen-bond acceptors (Lipinski definition) is 6.